The van der Waals surface area contributed by atoms with E-state index in [0.717, 1.165) is 18.4 Å². The number of hydrogen-bond donors (Lipinski definition) is 1. The van der Waals surface area contributed by atoms with Crippen molar-refractivity contribution in [1.82, 2.24) is 15.1 Å². The van der Waals surface area contributed by atoms with Crippen molar-refractivity contribution >= 4 is 17.8 Å². The normalized spacial score (nSPS) is 18.6. The van der Waals surface area contributed by atoms with E-state index in [1.165, 1.54) is 10.5 Å². The van der Waals surface area contributed by atoms with Gasteiger partial charge in [-0.3, -0.25) is 14.5 Å². The van der Waals surface area contributed by atoms with Crippen LogP contribution in [0.15, 0.2) is 24.3 Å². The Kier molecular flexibility index (Phi) is 5.50. The molecule has 1 aromatic rings. The van der Waals surface area contributed by atoms with Gasteiger partial charge in [0.05, 0.1) is 0 Å². The van der Waals surface area contributed by atoms with Gasteiger partial charge in [0.2, 0.25) is 5.91 Å². The Labute approximate surface area is 167 Å². The van der Waals surface area contributed by atoms with Crippen LogP contribution in [0, 0.1) is 0 Å². The molecule has 1 aromatic carbocycles. The molecule has 0 radical (unpaired) electrons. The molecule has 1 saturated carbocycles. The smallest absolute Gasteiger partial charge is 0.325 e. The van der Waals surface area contributed by atoms with Crippen LogP contribution in [0.25, 0.3) is 0 Å². The molecule has 0 bridgehead atoms. The molecule has 1 spiro atoms. The molecule has 1 N–H and O–H groups in total. The highest BCUT2D eigenvalue weighted by Gasteiger charge is 2.52. The Morgan fingerprint density at radius 1 is 1.14 bits per heavy atom. The summed E-state index contributed by atoms with van der Waals surface area (Å²) in [5.41, 5.74) is 1.70. The quantitative estimate of drug-likeness (QED) is 0.792. The van der Waals surface area contributed by atoms with Crippen LogP contribution in [0.1, 0.15) is 64.0 Å². The predicted octanol–water partition coefficient (Wildman–Crippen LogP) is 3.20. The second-order valence-electron chi connectivity index (χ2n) is 9.12. The summed E-state index contributed by atoms with van der Waals surface area (Å²) in [6, 6.07) is 7.93. The average Bonchev–Trinajstić information content (AvgIpc) is 3.18. The number of imide groups is 1. The minimum Gasteiger partial charge on any atom is -0.341 e. The van der Waals surface area contributed by atoms with Crippen molar-refractivity contribution in [2.24, 2.45) is 0 Å². The molecule has 28 heavy (non-hydrogen) atoms. The molecule has 1 saturated heterocycles. The van der Waals surface area contributed by atoms with E-state index in [0.29, 0.717) is 19.4 Å². The van der Waals surface area contributed by atoms with Gasteiger partial charge < -0.3 is 10.2 Å². The van der Waals surface area contributed by atoms with Gasteiger partial charge in [-0.25, -0.2) is 4.79 Å². The van der Waals surface area contributed by atoms with Crippen molar-refractivity contribution in [2.75, 3.05) is 13.6 Å². The summed E-state index contributed by atoms with van der Waals surface area (Å²) in [5, 5.41) is 2.85. The number of carbonyl (C=O) groups is 3. The molecule has 4 amide bonds. The van der Waals surface area contributed by atoms with Gasteiger partial charge in [-0.15, -0.1) is 0 Å². The zero-order valence-electron chi connectivity index (χ0n) is 17.4. The maximum Gasteiger partial charge on any atom is 0.325 e. The first-order chi connectivity index (χ1) is 13.1. The predicted molar refractivity (Wildman–Crippen MR) is 108 cm³/mol. The van der Waals surface area contributed by atoms with E-state index in [4.69, 9.17) is 0 Å². The van der Waals surface area contributed by atoms with E-state index in [-0.39, 0.29) is 36.2 Å². The third kappa shape index (κ3) is 4.05. The number of rotatable bonds is 5. The number of carbonyl (C=O) groups excluding carboxylic acids is 3. The van der Waals surface area contributed by atoms with Crippen molar-refractivity contribution < 1.29 is 14.4 Å². The van der Waals surface area contributed by atoms with Crippen LogP contribution in [0.4, 0.5) is 4.79 Å². The van der Waals surface area contributed by atoms with Gasteiger partial charge in [0, 0.05) is 26.6 Å². The van der Waals surface area contributed by atoms with Gasteiger partial charge in [0.15, 0.2) is 0 Å². The third-order valence-electron chi connectivity index (χ3n) is 5.92. The molecule has 1 heterocycles. The Balaban J connectivity index is 1.53. The lowest BCUT2D eigenvalue weighted by atomic mass is 9.87. The summed E-state index contributed by atoms with van der Waals surface area (Å²) in [6.45, 7) is 7.15. The van der Waals surface area contributed by atoms with E-state index in [1.54, 1.807) is 11.9 Å². The van der Waals surface area contributed by atoms with Gasteiger partial charge in [-0.05, 0) is 29.4 Å². The van der Waals surface area contributed by atoms with Crippen LogP contribution in [0.2, 0.25) is 0 Å². The lowest BCUT2D eigenvalue weighted by molar-refractivity contribution is -0.133. The van der Waals surface area contributed by atoms with Gasteiger partial charge in [0.1, 0.15) is 5.54 Å². The summed E-state index contributed by atoms with van der Waals surface area (Å²) in [5.74, 6) is -0.240. The van der Waals surface area contributed by atoms with Gasteiger partial charge in [-0.2, -0.15) is 0 Å². The van der Waals surface area contributed by atoms with E-state index >= 15 is 0 Å². The van der Waals surface area contributed by atoms with Crippen molar-refractivity contribution in [3.63, 3.8) is 0 Å². The Morgan fingerprint density at radius 3 is 2.32 bits per heavy atom. The first kappa shape index (κ1) is 20.4. The molecule has 0 aromatic heterocycles. The molecule has 6 heteroatoms. The van der Waals surface area contributed by atoms with E-state index in [9.17, 15) is 14.4 Å². The fourth-order valence-corrected chi connectivity index (χ4v) is 4.07. The largest absolute Gasteiger partial charge is 0.341 e. The number of nitrogens with one attached hydrogen (secondary N) is 1. The molecule has 0 unspecified atom stereocenters. The van der Waals surface area contributed by atoms with E-state index < -0.39 is 5.54 Å². The van der Waals surface area contributed by atoms with Crippen LogP contribution in [-0.4, -0.2) is 46.8 Å². The topological polar surface area (TPSA) is 69.7 Å². The first-order valence-corrected chi connectivity index (χ1v) is 10.1. The Morgan fingerprint density at radius 2 is 1.75 bits per heavy atom. The summed E-state index contributed by atoms with van der Waals surface area (Å²) < 4.78 is 0. The number of nitrogens with zero attached hydrogens (tertiary/aromatic N) is 2. The second-order valence-corrected chi connectivity index (χ2v) is 9.12. The van der Waals surface area contributed by atoms with Crippen molar-refractivity contribution in [2.45, 2.75) is 70.4 Å². The summed E-state index contributed by atoms with van der Waals surface area (Å²) in [7, 11) is 1.75. The highest BCUT2D eigenvalue weighted by molar-refractivity contribution is 6.07. The summed E-state index contributed by atoms with van der Waals surface area (Å²) >= 11 is 0. The molecule has 1 aliphatic carbocycles. The van der Waals surface area contributed by atoms with Gasteiger partial charge in [0.25, 0.3) is 5.91 Å². The zero-order chi connectivity index (χ0) is 20.5. The van der Waals surface area contributed by atoms with Crippen LogP contribution < -0.4 is 5.32 Å². The third-order valence-corrected chi connectivity index (χ3v) is 5.92. The molecule has 3 rings (SSSR count). The average molecular weight is 386 g/mol. The monoisotopic (exact) mass is 385 g/mol. The molecule has 152 valence electrons. The minimum atomic E-state index is -0.708. The zero-order valence-corrected chi connectivity index (χ0v) is 17.4. The Bertz CT molecular complexity index is 758. The SMILES string of the molecule is CN(Cc1ccc(C(C)(C)C)cc1)C(=O)CCN1C(=O)NC2(CCCC2)C1=O. The summed E-state index contributed by atoms with van der Waals surface area (Å²) in [6.07, 6.45) is 3.45. The van der Waals surface area contributed by atoms with Crippen LogP contribution >= 0.6 is 0 Å². The standard InChI is InChI=1S/C22H31N3O3/c1-21(2,3)17-9-7-16(8-10-17)15-24(4)18(26)11-14-25-19(27)22(23-20(25)28)12-5-6-13-22/h7-10H,5-6,11-15H2,1-4H3,(H,23,28). The summed E-state index contributed by atoms with van der Waals surface area (Å²) in [4.78, 5) is 40.2. The maximum absolute atomic E-state index is 12.6. The maximum atomic E-state index is 12.6. The van der Waals surface area contributed by atoms with Crippen LogP contribution in [0.3, 0.4) is 0 Å². The minimum absolute atomic E-state index is 0.0760. The highest BCUT2D eigenvalue weighted by atomic mass is 16.2. The number of hydrogen-bond acceptors (Lipinski definition) is 3. The van der Waals surface area contributed by atoms with Gasteiger partial charge >= 0.3 is 6.03 Å². The fraction of sp³-hybridized carbons (Fsp3) is 0.591. The number of benzene rings is 1. The number of amides is 4. The van der Waals surface area contributed by atoms with Crippen molar-refractivity contribution in [1.29, 1.82) is 0 Å². The van der Waals surface area contributed by atoms with E-state index in [2.05, 4.69) is 38.2 Å². The molecular formula is C22H31N3O3. The second kappa shape index (κ2) is 7.57. The first-order valence-electron chi connectivity index (χ1n) is 10.1. The highest BCUT2D eigenvalue weighted by Crippen LogP contribution is 2.35. The number of urea groups is 1. The molecule has 1 aliphatic heterocycles. The van der Waals surface area contributed by atoms with E-state index in [1.807, 2.05) is 12.1 Å². The molecule has 2 aliphatic rings. The molecule has 2 fully saturated rings. The molecule has 6 nitrogen and oxygen atoms in total. The van der Waals surface area contributed by atoms with Crippen LogP contribution in [0.5, 0.6) is 0 Å². The Hall–Kier alpha value is -2.37. The molecule has 0 atom stereocenters. The van der Waals surface area contributed by atoms with Gasteiger partial charge in [-0.1, -0.05) is 57.9 Å². The van der Waals surface area contributed by atoms with Crippen molar-refractivity contribution in [3.05, 3.63) is 35.4 Å². The van der Waals surface area contributed by atoms with Crippen molar-refractivity contribution in [3.8, 4) is 0 Å². The fourth-order valence-electron chi connectivity index (χ4n) is 4.07. The molecular weight excluding hydrogens is 354 g/mol. The lowest BCUT2D eigenvalue weighted by Gasteiger charge is -2.22. The van der Waals surface area contributed by atoms with Crippen LogP contribution in [-0.2, 0) is 21.5 Å². The lowest BCUT2D eigenvalue weighted by Crippen LogP contribution is -2.44.